The fraction of sp³-hybridized carbons (Fsp3) is 0.500. The molecule has 0 spiro atoms. The Kier molecular flexibility index (Phi) is 11.2. The molecule has 1 rings (SSSR count). The Bertz CT molecular complexity index is 189. The van der Waals surface area contributed by atoms with Crippen LogP contribution in [0.2, 0.25) is 0 Å². The molecule has 0 unspecified atom stereocenters. The summed E-state index contributed by atoms with van der Waals surface area (Å²) < 4.78 is 0. The smallest absolute Gasteiger partial charge is 0.0929 e. The molecule has 2 nitrogen and oxygen atoms in total. The van der Waals surface area contributed by atoms with E-state index in [4.69, 9.17) is 0 Å². The first-order valence-electron chi connectivity index (χ1n) is 4.47. The maximum atomic E-state index is 3.96. The predicted octanol–water partition coefficient (Wildman–Crippen LogP) is 3.41. The molecule has 0 amide bonds. The number of aromatic amines is 1. The van der Waals surface area contributed by atoms with Gasteiger partial charge in [0.15, 0.2) is 0 Å². The van der Waals surface area contributed by atoms with E-state index in [9.17, 15) is 0 Å². The lowest BCUT2D eigenvalue weighted by Crippen LogP contribution is -1.72. The van der Waals surface area contributed by atoms with E-state index in [2.05, 4.69) is 16.5 Å². The Morgan fingerprint density at radius 1 is 1.33 bits per heavy atom. The first kappa shape index (κ1) is 13.5. The van der Waals surface area contributed by atoms with Gasteiger partial charge in [0.25, 0.3) is 0 Å². The van der Waals surface area contributed by atoms with Crippen LogP contribution in [-0.2, 0) is 0 Å². The number of imidazole rings is 1. The van der Waals surface area contributed by atoms with Crippen LogP contribution in [0, 0.1) is 6.92 Å². The van der Waals surface area contributed by atoms with E-state index in [1.54, 1.807) is 12.4 Å². The molecular weight excluding hydrogens is 148 g/mol. The molecule has 0 aromatic carbocycles. The van der Waals surface area contributed by atoms with Crippen LogP contribution in [0.15, 0.2) is 12.9 Å². The normalized spacial score (nSPS) is 7.08. The Morgan fingerprint density at radius 3 is 2.00 bits per heavy atom. The zero-order valence-electron chi connectivity index (χ0n) is 8.81. The molecule has 2 heteroatoms. The van der Waals surface area contributed by atoms with Crippen molar-refractivity contribution in [1.82, 2.24) is 9.97 Å². The molecule has 1 N–H and O–H groups in total. The minimum Gasteiger partial charge on any atom is -0.348 e. The van der Waals surface area contributed by atoms with Crippen molar-refractivity contribution in [2.24, 2.45) is 0 Å². The van der Waals surface area contributed by atoms with Gasteiger partial charge in [0.2, 0.25) is 0 Å². The van der Waals surface area contributed by atoms with E-state index in [0.29, 0.717) is 0 Å². The highest BCUT2D eigenvalue weighted by Crippen LogP contribution is 1.99. The minimum absolute atomic E-state index is 0.935. The zero-order chi connectivity index (χ0) is 9.98. The summed E-state index contributed by atoms with van der Waals surface area (Å²) in [5, 5.41) is 0. The third-order valence-corrected chi connectivity index (χ3v) is 1.06. The summed E-state index contributed by atoms with van der Waals surface area (Å²) >= 11 is 0. The molecule has 1 heterocycles. The molecule has 1 aromatic heterocycles. The van der Waals surface area contributed by atoms with Crippen LogP contribution in [-0.4, -0.2) is 9.97 Å². The first-order chi connectivity index (χ1) is 5.84. The summed E-state index contributed by atoms with van der Waals surface area (Å²) in [6.07, 6.45) is 3.39. The topological polar surface area (TPSA) is 28.7 Å². The van der Waals surface area contributed by atoms with Crippen molar-refractivity contribution >= 4 is 6.08 Å². The molecule has 1 aromatic rings. The van der Waals surface area contributed by atoms with Gasteiger partial charge >= 0.3 is 0 Å². The van der Waals surface area contributed by atoms with Gasteiger partial charge in [-0.3, -0.25) is 0 Å². The molecule has 0 saturated heterocycles. The van der Waals surface area contributed by atoms with Crippen LogP contribution in [0.5, 0.6) is 0 Å². The maximum absolute atomic E-state index is 3.96. The maximum Gasteiger partial charge on any atom is 0.0929 e. The molecule has 12 heavy (non-hydrogen) atoms. The number of hydrogen-bond donors (Lipinski definition) is 1. The highest BCUT2D eigenvalue weighted by Gasteiger charge is 1.90. The lowest BCUT2D eigenvalue weighted by molar-refractivity contribution is 1.25. The fourth-order valence-corrected chi connectivity index (χ4v) is 0.575. The standard InChI is InChI=1S/C6H8N2.2C2H6/c1-3-6-5(2)7-4-8-6;2*1-2/h3-4H,1H2,2H3,(H,7,8);2*1-2H3. The quantitative estimate of drug-likeness (QED) is 0.684. The van der Waals surface area contributed by atoms with E-state index in [1.165, 1.54) is 0 Å². The van der Waals surface area contributed by atoms with Crippen molar-refractivity contribution in [2.75, 3.05) is 0 Å². The van der Waals surface area contributed by atoms with Gasteiger partial charge in [0, 0.05) is 5.69 Å². The Morgan fingerprint density at radius 2 is 1.83 bits per heavy atom. The number of nitrogens with one attached hydrogen (secondary N) is 1. The van der Waals surface area contributed by atoms with Crippen molar-refractivity contribution < 1.29 is 0 Å². The van der Waals surface area contributed by atoms with Crippen LogP contribution in [0.3, 0.4) is 0 Å². The lowest BCUT2D eigenvalue weighted by Gasteiger charge is -1.81. The summed E-state index contributed by atoms with van der Waals surface area (Å²) in [7, 11) is 0. The SMILES string of the molecule is C=Cc1nc[nH]c1C.CC.CC. The molecule has 70 valence electrons. The number of rotatable bonds is 1. The van der Waals surface area contributed by atoms with Gasteiger partial charge in [0.05, 0.1) is 12.0 Å². The van der Waals surface area contributed by atoms with Crippen molar-refractivity contribution in [1.29, 1.82) is 0 Å². The molecule has 0 saturated carbocycles. The second kappa shape index (κ2) is 9.95. The van der Waals surface area contributed by atoms with E-state index >= 15 is 0 Å². The second-order valence-corrected chi connectivity index (χ2v) is 1.62. The molecule has 0 radical (unpaired) electrons. The van der Waals surface area contributed by atoms with Crippen LogP contribution in [0.1, 0.15) is 39.1 Å². The molecule has 0 aliphatic carbocycles. The van der Waals surface area contributed by atoms with Crippen LogP contribution >= 0.6 is 0 Å². The lowest BCUT2D eigenvalue weighted by atomic mass is 10.3. The van der Waals surface area contributed by atoms with Gasteiger partial charge in [-0.25, -0.2) is 4.98 Å². The van der Waals surface area contributed by atoms with E-state index in [-0.39, 0.29) is 0 Å². The minimum atomic E-state index is 0.935. The third-order valence-electron chi connectivity index (χ3n) is 1.06. The van der Waals surface area contributed by atoms with E-state index in [1.807, 2.05) is 34.6 Å². The molecule has 0 aliphatic heterocycles. The fourth-order valence-electron chi connectivity index (χ4n) is 0.575. The van der Waals surface area contributed by atoms with E-state index in [0.717, 1.165) is 11.4 Å². The molecule has 0 aliphatic rings. The number of nitrogens with zero attached hydrogens (tertiary/aromatic N) is 1. The average Bonchev–Trinajstić information content (AvgIpc) is 2.58. The second-order valence-electron chi connectivity index (χ2n) is 1.62. The number of H-pyrrole nitrogens is 1. The first-order valence-corrected chi connectivity index (χ1v) is 4.47. The summed E-state index contributed by atoms with van der Waals surface area (Å²) in [5.74, 6) is 0. The van der Waals surface area contributed by atoms with Crippen molar-refractivity contribution in [3.63, 3.8) is 0 Å². The van der Waals surface area contributed by atoms with Crippen molar-refractivity contribution in [3.05, 3.63) is 24.3 Å². The zero-order valence-corrected chi connectivity index (χ0v) is 8.81. The third kappa shape index (κ3) is 4.72. The largest absolute Gasteiger partial charge is 0.348 e. The van der Waals surface area contributed by atoms with E-state index < -0.39 is 0 Å². The summed E-state index contributed by atoms with van der Waals surface area (Å²) in [6, 6.07) is 0. The Balaban J connectivity index is 0. The highest BCUT2D eigenvalue weighted by molar-refractivity contribution is 5.43. The Labute approximate surface area is 75.7 Å². The molecule has 0 atom stereocenters. The van der Waals surface area contributed by atoms with Gasteiger partial charge in [-0.05, 0) is 13.0 Å². The van der Waals surface area contributed by atoms with Crippen molar-refractivity contribution in [3.8, 4) is 0 Å². The monoisotopic (exact) mass is 168 g/mol. The van der Waals surface area contributed by atoms with Gasteiger partial charge in [-0.2, -0.15) is 0 Å². The molecular formula is C10H20N2. The van der Waals surface area contributed by atoms with Gasteiger partial charge < -0.3 is 4.98 Å². The summed E-state index contributed by atoms with van der Waals surface area (Å²) in [6.45, 7) is 13.5. The van der Waals surface area contributed by atoms with Crippen LogP contribution in [0.25, 0.3) is 6.08 Å². The van der Waals surface area contributed by atoms with Gasteiger partial charge in [0.1, 0.15) is 0 Å². The molecule has 0 fully saturated rings. The number of aryl methyl sites for hydroxylation is 1. The van der Waals surface area contributed by atoms with Crippen LogP contribution in [0.4, 0.5) is 0 Å². The van der Waals surface area contributed by atoms with Crippen molar-refractivity contribution in [2.45, 2.75) is 34.6 Å². The summed E-state index contributed by atoms with van der Waals surface area (Å²) in [5.41, 5.74) is 2.00. The van der Waals surface area contributed by atoms with Gasteiger partial charge in [-0.1, -0.05) is 34.3 Å². The average molecular weight is 168 g/mol. The highest BCUT2D eigenvalue weighted by atomic mass is 14.9. The Hall–Kier alpha value is -1.05. The number of hydrogen-bond acceptors (Lipinski definition) is 1. The predicted molar refractivity (Wildman–Crippen MR) is 56.1 cm³/mol. The van der Waals surface area contributed by atoms with Gasteiger partial charge in [-0.15, -0.1) is 0 Å². The summed E-state index contributed by atoms with van der Waals surface area (Å²) in [4.78, 5) is 6.90. The van der Waals surface area contributed by atoms with Crippen LogP contribution < -0.4 is 0 Å². The molecule has 0 bridgehead atoms. The number of aromatic nitrogens is 2.